The fourth-order valence-electron chi connectivity index (χ4n) is 1.53. The number of thiophene rings is 1. The molecule has 0 radical (unpaired) electrons. The van der Waals surface area contributed by atoms with Gasteiger partial charge in [0.2, 0.25) is 5.91 Å². The topological polar surface area (TPSA) is 90.2 Å². The fraction of sp³-hybridized carbons (Fsp3) is 0.462. The standard InChI is InChI=1S/C13H16N2O3S/c1-8(2)13(3,12(17)18)6-10(16)15-11-9(7-14)4-5-19-11/h4-5,8H,6H2,1-3H3,(H,15,16)(H,17,18)/t13-/m0/s1. The molecule has 0 unspecified atom stereocenters. The van der Waals surface area contributed by atoms with Gasteiger partial charge in [0.25, 0.3) is 0 Å². The van der Waals surface area contributed by atoms with Gasteiger partial charge in [-0.25, -0.2) is 0 Å². The molecule has 6 heteroatoms. The first-order valence-electron chi connectivity index (χ1n) is 5.82. The number of carbonyl (C=O) groups is 2. The molecule has 1 heterocycles. The Morgan fingerprint density at radius 3 is 2.68 bits per heavy atom. The molecule has 0 bridgehead atoms. The number of anilines is 1. The van der Waals surface area contributed by atoms with Crippen LogP contribution >= 0.6 is 11.3 Å². The maximum absolute atomic E-state index is 11.9. The van der Waals surface area contributed by atoms with Gasteiger partial charge in [-0.05, 0) is 24.3 Å². The number of carbonyl (C=O) groups excluding carboxylic acids is 1. The van der Waals surface area contributed by atoms with E-state index in [1.54, 1.807) is 32.2 Å². The van der Waals surface area contributed by atoms with Crippen molar-refractivity contribution in [3.05, 3.63) is 17.0 Å². The predicted octanol–water partition coefficient (Wildman–Crippen LogP) is 2.70. The Morgan fingerprint density at radius 1 is 1.58 bits per heavy atom. The van der Waals surface area contributed by atoms with Gasteiger partial charge in [0.05, 0.1) is 11.0 Å². The molecule has 1 atom stereocenters. The van der Waals surface area contributed by atoms with Gasteiger partial charge < -0.3 is 10.4 Å². The lowest BCUT2D eigenvalue weighted by molar-refractivity contribution is -0.153. The number of amides is 1. The van der Waals surface area contributed by atoms with Crippen molar-refractivity contribution in [2.75, 3.05) is 5.32 Å². The second-order valence-corrected chi connectivity index (χ2v) is 5.79. The molecule has 0 aliphatic rings. The SMILES string of the molecule is CC(C)[C@](C)(CC(=O)Nc1sccc1C#N)C(=O)O. The van der Waals surface area contributed by atoms with Crippen molar-refractivity contribution in [2.24, 2.45) is 11.3 Å². The van der Waals surface area contributed by atoms with Crippen LogP contribution < -0.4 is 5.32 Å². The summed E-state index contributed by atoms with van der Waals surface area (Å²) in [6, 6.07) is 3.58. The van der Waals surface area contributed by atoms with Crippen LogP contribution in [0.2, 0.25) is 0 Å². The number of nitrogens with zero attached hydrogens (tertiary/aromatic N) is 1. The Hall–Kier alpha value is -1.87. The highest BCUT2D eigenvalue weighted by molar-refractivity contribution is 7.14. The maximum Gasteiger partial charge on any atom is 0.310 e. The molecule has 1 rings (SSSR count). The second-order valence-electron chi connectivity index (χ2n) is 4.88. The second kappa shape index (κ2) is 5.85. The van der Waals surface area contributed by atoms with Crippen molar-refractivity contribution in [1.82, 2.24) is 0 Å². The summed E-state index contributed by atoms with van der Waals surface area (Å²) in [4.78, 5) is 23.2. The summed E-state index contributed by atoms with van der Waals surface area (Å²) < 4.78 is 0. The summed E-state index contributed by atoms with van der Waals surface area (Å²) in [5.41, 5.74) is -0.728. The number of rotatable bonds is 5. The van der Waals surface area contributed by atoms with Gasteiger partial charge in [-0.15, -0.1) is 11.3 Å². The average Bonchev–Trinajstić information content (AvgIpc) is 2.75. The van der Waals surface area contributed by atoms with Crippen LogP contribution in [0, 0.1) is 22.7 Å². The number of nitrogens with one attached hydrogen (secondary N) is 1. The molecule has 0 saturated carbocycles. The minimum atomic E-state index is -1.12. The number of carboxylic acid groups (broad SMARTS) is 1. The molecule has 0 saturated heterocycles. The van der Waals surface area contributed by atoms with Gasteiger partial charge in [-0.2, -0.15) is 5.26 Å². The molecule has 19 heavy (non-hydrogen) atoms. The van der Waals surface area contributed by atoms with Crippen LogP contribution in [0.5, 0.6) is 0 Å². The lowest BCUT2D eigenvalue weighted by atomic mass is 9.76. The van der Waals surface area contributed by atoms with Crippen LogP contribution in [0.3, 0.4) is 0 Å². The smallest absolute Gasteiger partial charge is 0.310 e. The molecule has 1 aromatic rings. The molecule has 2 N–H and O–H groups in total. The zero-order valence-electron chi connectivity index (χ0n) is 11.1. The van der Waals surface area contributed by atoms with E-state index in [2.05, 4.69) is 5.32 Å². The monoisotopic (exact) mass is 280 g/mol. The molecule has 1 aromatic heterocycles. The molecule has 0 aliphatic heterocycles. The summed E-state index contributed by atoms with van der Waals surface area (Å²) in [7, 11) is 0. The minimum absolute atomic E-state index is 0.122. The first-order valence-corrected chi connectivity index (χ1v) is 6.70. The largest absolute Gasteiger partial charge is 0.481 e. The number of aliphatic carboxylic acids is 1. The van der Waals surface area contributed by atoms with Crippen molar-refractivity contribution in [2.45, 2.75) is 27.2 Å². The number of hydrogen-bond donors (Lipinski definition) is 2. The highest BCUT2D eigenvalue weighted by Crippen LogP contribution is 2.32. The molecule has 0 aromatic carbocycles. The molecular weight excluding hydrogens is 264 g/mol. The van der Waals surface area contributed by atoms with Crippen molar-refractivity contribution in [3.8, 4) is 6.07 Å². The molecule has 5 nitrogen and oxygen atoms in total. The fourth-order valence-corrected chi connectivity index (χ4v) is 2.28. The third-order valence-corrected chi connectivity index (χ3v) is 4.16. The summed E-state index contributed by atoms with van der Waals surface area (Å²) >= 11 is 1.24. The van der Waals surface area contributed by atoms with E-state index >= 15 is 0 Å². The normalized spacial score (nSPS) is 13.6. The zero-order valence-corrected chi connectivity index (χ0v) is 11.9. The van der Waals surface area contributed by atoms with Crippen LogP contribution in [0.4, 0.5) is 5.00 Å². The van der Waals surface area contributed by atoms with E-state index in [1.165, 1.54) is 11.3 Å². The zero-order chi connectivity index (χ0) is 14.6. The van der Waals surface area contributed by atoms with Gasteiger partial charge in [-0.3, -0.25) is 9.59 Å². The van der Waals surface area contributed by atoms with Crippen LogP contribution in [0.15, 0.2) is 11.4 Å². The van der Waals surface area contributed by atoms with E-state index in [4.69, 9.17) is 5.26 Å². The van der Waals surface area contributed by atoms with Gasteiger partial charge in [0.15, 0.2) is 0 Å². The maximum atomic E-state index is 11.9. The Labute approximate surface area is 115 Å². The van der Waals surface area contributed by atoms with Gasteiger partial charge in [-0.1, -0.05) is 13.8 Å². The van der Waals surface area contributed by atoms with Gasteiger partial charge in [0.1, 0.15) is 11.1 Å². The van der Waals surface area contributed by atoms with Crippen molar-refractivity contribution in [3.63, 3.8) is 0 Å². The summed E-state index contributed by atoms with van der Waals surface area (Å²) in [6.45, 7) is 5.10. The van der Waals surface area contributed by atoms with Gasteiger partial charge in [0, 0.05) is 6.42 Å². The first-order chi connectivity index (χ1) is 8.81. The Bertz CT molecular complexity index is 530. The van der Waals surface area contributed by atoms with E-state index in [0.717, 1.165) is 0 Å². The minimum Gasteiger partial charge on any atom is -0.481 e. The van der Waals surface area contributed by atoms with Crippen molar-refractivity contribution < 1.29 is 14.7 Å². The van der Waals surface area contributed by atoms with Crippen LogP contribution in [0.25, 0.3) is 0 Å². The number of nitriles is 1. The molecule has 0 aliphatic carbocycles. The van der Waals surface area contributed by atoms with E-state index in [1.807, 2.05) is 6.07 Å². The van der Waals surface area contributed by atoms with E-state index < -0.39 is 17.3 Å². The lowest BCUT2D eigenvalue weighted by Gasteiger charge is -2.28. The summed E-state index contributed by atoms with van der Waals surface area (Å²) in [5.74, 6) is -1.56. The molecule has 102 valence electrons. The average molecular weight is 280 g/mol. The number of carboxylic acids is 1. The highest BCUT2D eigenvalue weighted by Gasteiger charge is 2.38. The van der Waals surface area contributed by atoms with Gasteiger partial charge >= 0.3 is 5.97 Å². The van der Waals surface area contributed by atoms with E-state index in [9.17, 15) is 14.7 Å². The Kier molecular flexibility index (Phi) is 4.67. The third kappa shape index (κ3) is 3.32. The first kappa shape index (κ1) is 15.2. The summed E-state index contributed by atoms with van der Waals surface area (Å²) in [6.07, 6.45) is -0.122. The van der Waals surface area contributed by atoms with E-state index in [0.29, 0.717) is 10.6 Å². The number of hydrogen-bond acceptors (Lipinski definition) is 4. The predicted molar refractivity (Wildman–Crippen MR) is 72.9 cm³/mol. The summed E-state index contributed by atoms with van der Waals surface area (Å²) in [5, 5.41) is 22.9. The van der Waals surface area contributed by atoms with Crippen molar-refractivity contribution in [1.29, 1.82) is 5.26 Å². The van der Waals surface area contributed by atoms with E-state index in [-0.39, 0.29) is 12.3 Å². The molecule has 0 fully saturated rings. The third-order valence-electron chi connectivity index (χ3n) is 3.33. The Balaban J connectivity index is 2.81. The van der Waals surface area contributed by atoms with Crippen molar-refractivity contribution >= 4 is 28.2 Å². The Morgan fingerprint density at radius 2 is 2.21 bits per heavy atom. The van der Waals surface area contributed by atoms with Crippen LogP contribution in [-0.2, 0) is 9.59 Å². The van der Waals surface area contributed by atoms with Crippen LogP contribution in [-0.4, -0.2) is 17.0 Å². The van der Waals surface area contributed by atoms with Crippen LogP contribution in [0.1, 0.15) is 32.8 Å². The molecule has 0 spiro atoms. The lowest BCUT2D eigenvalue weighted by Crippen LogP contribution is -2.37. The molecule has 1 amide bonds. The quantitative estimate of drug-likeness (QED) is 0.867. The highest BCUT2D eigenvalue weighted by atomic mass is 32.1. The molecular formula is C13H16N2O3S.